The van der Waals surface area contributed by atoms with Crippen LogP contribution in [-0.2, 0) is 6.54 Å². The molecule has 1 aliphatic rings. The first-order chi connectivity index (χ1) is 13.5. The van der Waals surface area contributed by atoms with Crippen molar-refractivity contribution in [3.63, 3.8) is 0 Å². The van der Waals surface area contributed by atoms with Crippen LogP contribution in [0.1, 0.15) is 47.6 Å². The molecule has 1 aliphatic carbocycles. The summed E-state index contributed by atoms with van der Waals surface area (Å²) in [6.45, 7) is 6.91. The van der Waals surface area contributed by atoms with Crippen LogP contribution in [0.15, 0.2) is 35.5 Å². The minimum Gasteiger partial charge on any atom is -0.345 e. The van der Waals surface area contributed by atoms with Crippen LogP contribution >= 0.6 is 23.4 Å². The Morgan fingerprint density at radius 1 is 1.25 bits per heavy atom. The Labute approximate surface area is 174 Å². The summed E-state index contributed by atoms with van der Waals surface area (Å²) in [5.41, 5.74) is 4.01. The number of rotatable bonds is 7. The second-order valence-electron chi connectivity index (χ2n) is 7.16. The molecule has 2 heterocycles. The fourth-order valence-electron chi connectivity index (χ4n) is 3.68. The van der Waals surface area contributed by atoms with Crippen molar-refractivity contribution >= 4 is 29.1 Å². The van der Waals surface area contributed by atoms with Gasteiger partial charge in [-0.1, -0.05) is 35.5 Å². The number of aryl methyl sites for hydroxylation is 1. The highest BCUT2D eigenvalue weighted by molar-refractivity contribution is 7.99. The van der Waals surface area contributed by atoms with Gasteiger partial charge in [-0.25, -0.2) is 0 Å². The largest absolute Gasteiger partial charge is 0.345 e. The maximum atomic E-state index is 12.9. The Bertz CT molecular complexity index is 1040. The molecular weight excluding hydrogens is 392 g/mol. The summed E-state index contributed by atoms with van der Waals surface area (Å²) >= 11 is 7.55. The third-order valence-corrected chi connectivity index (χ3v) is 6.35. The molecule has 4 rings (SSSR count). The summed E-state index contributed by atoms with van der Waals surface area (Å²) in [7, 11) is 0. The lowest BCUT2D eigenvalue weighted by molar-refractivity contribution is 0.102. The van der Waals surface area contributed by atoms with Crippen molar-refractivity contribution in [1.29, 1.82) is 0 Å². The van der Waals surface area contributed by atoms with Gasteiger partial charge in [0.2, 0.25) is 0 Å². The molecule has 2 aromatic heterocycles. The normalized spacial score (nSPS) is 13.9. The van der Waals surface area contributed by atoms with E-state index >= 15 is 0 Å². The van der Waals surface area contributed by atoms with Crippen molar-refractivity contribution in [2.75, 3.05) is 5.75 Å². The van der Waals surface area contributed by atoms with Crippen LogP contribution in [0.3, 0.4) is 0 Å². The highest BCUT2D eigenvalue weighted by atomic mass is 35.5. The van der Waals surface area contributed by atoms with Crippen LogP contribution in [0.5, 0.6) is 0 Å². The SMILES string of the molecule is CCn1c(SCC(=O)c2cc(C)n(C3CC3)c2C)nnc1-c1cccc(Cl)c1. The molecule has 0 amide bonds. The Morgan fingerprint density at radius 3 is 2.71 bits per heavy atom. The van der Waals surface area contributed by atoms with Crippen molar-refractivity contribution in [2.24, 2.45) is 0 Å². The van der Waals surface area contributed by atoms with E-state index in [4.69, 9.17) is 11.6 Å². The molecule has 146 valence electrons. The molecule has 0 radical (unpaired) electrons. The molecule has 1 fully saturated rings. The Morgan fingerprint density at radius 2 is 2.04 bits per heavy atom. The van der Waals surface area contributed by atoms with Gasteiger partial charge in [-0.2, -0.15) is 0 Å². The summed E-state index contributed by atoms with van der Waals surface area (Å²) in [5, 5.41) is 10.1. The van der Waals surface area contributed by atoms with E-state index in [-0.39, 0.29) is 5.78 Å². The third kappa shape index (κ3) is 3.63. The average molecular weight is 415 g/mol. The van der Waals surface area contributed by atoms with Crippen LogP contribution in [0.25, 0.3) is 11.4 Å². The van der Waals surface area contributed by atoms with Crippen molar-refractivity contribution < 1.29 is 4.79 Å². The minimum atomic E-state index is 0.139. The molecule has 0 aliphatic heterocycles. The van der Waals surface area contributed by atoms with Gasteiger partial charge in [-0.05, 0) is 51.8 Å². The molecule has 7 heteroatoms. The van der Waals surface area contributed by atoms with Crippen molar-refractivity contribution in [3.8, 4) is 11.4 Å². The molecule has 0 spiro atoms. The van der Waals surface area contributed by atoms with Crippen LogP contribution in [0.2, 0.25) is 5.02 Å². The van der Waals surface area contributed by atoms with Crippen molar-refractivity contribution in [1.82, 2.24) is 19.3 Å². The number of carbonyl (C=O) groups is 1. The zero-order chi connectivity index (χ0) is 19.8. The quantitative estimate of drug-likeness (QED) is 0.386. The van der Waals surface area contributed by atoms with Crippen LogP contribution < -0.4 is 0 Å². The number of carbonyl (C=O) groups excluding carboxylic acids is 1. The number of halogens is 1. The molecule has 0 unspecified atom stereocenters. The van der Waals surface area contributed by atoms with E-state index in [1.54, 1.807) is 0 Å². The van der Waals surface area contributed by atoms with E-state index in [0.717, 1.165) is 34.3 Å². The number of Topliss-reactive ketones (excluding diaryl/α,β-unsaturated/α-hetero) is 1. The zero-order valence-electron chi connectivity index (χ0n) is 16.3. The van der Waals surface area contributed by atoms with Gasteiger partial charge in [0.1, 0.15) is 0 Å². The predicted octanol–water partition coefficient (Wildman–Crippen LogP) is 5.35. The van der Waals surface area contributed by atoms with Gasteiger partial charge in [0.15, 0.2) is 16.8 Å². The summed E-state index contributed by atoms with van der Waals surface area (Å²) < 4.78 is 4.33. The number of benzene rings is 1. The van der Waals surface area contributed by atoms with Crippen LogP contribution in [0, 0.1) is 13.8 Å². The topological polar surface area (TPSA) is 52.7 Å². The number of hydrogen-bond donors (Lipinski definition) is 0. The highest BCUT2D eigenvalue weighted by Gasteiger charge is 2.28. The van der Waals surface area contributed by atoms with Gasteiger partial charge in [0, 0.05) is 40.1 Å². The van der Waals surface area contributed by atoms with E-state index in [1.807, 2.05) is 41.8 Å². The number of aromatic nitrogens is 4. The summed E-state index contributed by atoms with van der Waals surface area (Å²) in [6, 6.07) is 10.2. The molecule has 1 saturated carbocycles. The maximum Gasteiger partial charge on any atom is 0.191 e. The monoisotopic (exact) mass is 414 g/mol. The van der Waals surface area contributed by atoms with Crippen molar-refractivity contribution in [3.05, 3.63) is 52.3 Å². The van der Waals surface area contributed by atoms with E-state index in [2.05, 4.69) is 28.6 Å². The van der Waals surface area contributed by atoms with Gasteiger partial charge in [0.05, 0.1) is 5.75 Å². The van der Waals surface area contributed by atoms with Crippen LogP contribution in [-0.4, -0.2) is 30.9 Å². The fraction of sp³-hybridized carbons (Fsp3) is 0.381. The standard InChI is InChI=1S/C21H23ClN4OS/c1-4-25-20(15-6-5-7-16(22)11-15)23-24-21(25)28-12-19(27)18-10-13(2)26(14(18)3)17-8-9-17/h5-7,10-11,17H,4,8-9,12H2,1-3H3. The molecule has 0 saturated heterocycles. The van der Waals surface area contributed by atoms with Gasteiger partial charge in [-0.15, -0.1) is 10.2 Å². The smallest absolute Gasteiger partial charge is 0.191 e. The molecule has 0 bridgehead atoms. The lowest BCUT2D eigenvalue weighted by atomic mass is 10.2. The molecule has 0 atom stereocenters. The van der Waals surface area contributed by atoms with Crippen LogP contribution in [0.4, 0.5) is 0 Å². The molecule has 0 N–H and O–H groups in total. The second-order valence-corrected chi connectivity index (χ2v) is 8.54. The lowest BCUT2D eigenvalue weighted by Crippen LogP contribution is -2.07. The molecular formula is C21H23ClN4OS. The number of hydrogen-bond acceptors (Lipinski definition) is 4. The average Bonchev–Trinajstić information content (AvgIpc) is 3.34. The van der Waals surface area contributed by atoms with E-state index in [0.29, 0.717) is 16.8 Å². The summed E-state index contributed by atoms with van der Waals surface area (Å²) in [5.74, 6) is 1.26. The van der Waals surface area contributed by atoms with Gasteiger partial charge < -0.3 is 9.13 Å². The number of ketones is 1. The first kappa shape index (κ1) is 19.3. The van der Waals surface area contributed by atoms with E-state index in [1.165, 1.54) is 30.3 Å². The van der Waals surface area contributed by atoms with Gasteiger partial charge in [-0.3, -0.25) is 4.79 Å². The minimum absolute atomic E-state index is 0.139. The van der Waals surface area contributed by atoms with Crippen molar-refractivity contribution in [2.45, 2.75) is 51.4 Å². The number of thioether (sulfide) groups is 1. The van der Waals surface area contributed by atoms with Gasteiger partial charge in [0.25, 0.3) is 0 Å². The lowest BCUT2D eigenvalue weighted by Gasteiger charge is -2.08. The summed E-state index contributed by atoms with van der Waals surface area (Å²) in [4.78, 5) is 12.9. The molecule has 5 nitrogen and oxygen atoms in total. The second kappa shape index (κ2) is 7.76. The maximum absolute atomic E-state index is 12.9. The Hall–Kier alpha value is -2.05. The Balaban J connectivity index is 1.52. The first-order valence-corrected chi connectivity index (χ1v) is 10.9. The highest BCUT2D eigenvalue weighted by Crippen LogP contribution is 2.38. The van der Waals surface area contributed by atoms with E-state index < -0.39 is 0 Å². The molecule has 3 aromatic rings. The summed E-state index contributed by atoms with van der Waals surface area (Å²) in [6.07, 6.45) is 2.43. The number of nitrogens with zero attached hydrogens (tertiary/aromatic N) is 4. The van der Waals surface area contributed by atoms with E-state index in [9.17, 15) is 4.79 Å². The zero-order valence-corrected chi connectivity index (χ0v) is 17.8. The first-order valence-electron chi connectivity index (χ1n) is 9.53. The molecule has 28 heavy (non-hydrogen) atoms. The molecule has 1 aromatic carbocycles. The van der Waals surface area contributed by atoms with Gasteiger partial charge >= 0.3 is 0 Å². The predicted molar refractivity (Wildman–Crippen MR) is 113 cm³/mol. The fourth-order valence-corrected chi connectivity index (χ4v) is 4.76. The third-order valence-electron chi connectivity index (χ3n) is 5.15. The Kier molecular flexibility index (Phi) is 5.34.